The van der Waals surface area contributed by atoms with Crippen LogP contribution in [0.1, 0.15) is 29.9 Å². The molecule has 0 radical (unpaired) electrons. The molecule has 1 aromatic carbocycles. The molecular formula is C18H20ClNO3S2. The monoisotopic (exact) mass is 397 g/mol. The maximum absolute atomic E-state index is 12.6. The summed E-state index contributed by atoms with van der Waals surface area (Å²) >= 11 is 7.63. The van der Waals surface area contributed by atoms with E-state index in [1.807, 2.05) is 11.0 Å². The maximum Gasteiger partial charge on any atom is 0.227 e. The molecule has 2 aromatic rings. The van der Waals surface area contributed by atoms with Crippen molar-refractivity contribution in [3.63, 3.8) is 0 Å². The van der Waals surface area contributed by atoms with Crippen molar-refractivity contribution in [3.05, 3.63) is 50.7 Å². The van der Waals surface area contributed by atoms with Gasteiger partial charge in [0.2, 0.25) is 5.91 Å². The fraction of sp³-hybridized carbons (Fsp3) is 0.389. The predicted octanol–water partition coefficient (Wildman–Crippen LogP) is 3.71. The molecule has 0 aliphatic carbocycles. The first kappa shape index (κ1) is 18.4. The Morgan fingerprint density at radius 1 is 1.28 bits per heavy atom. The van der Waals surface area contributed by atoms with Crippen LogP contribution in [0.25, 0.3) is 0 Å². The average Bonchev–Trinajstić information content (AvgIpc) is 2.94. The second kappa shape index (κ2) is 7.09. The molecule has 7 heteroatoms. The van der Waals surface area contributed by atoms with Crippen LogP contribution in [0.4, 0.5) is 0 Å². The lowest BCUT2D eigenvalue weighted by Crippen LogP contribution is -2.36. The van der Waals surface area contributed by atoms with Crippen molar-refractivity contribution in [2.24, 2.45) is 0 Å². The minimum atomic E-state index is -3.28. The van der Waals surface area contributed by atoms with E-state index in [1.54, 1.807) is 49.4 Å². The lowest BCUT2D eigenvalue weighted by Gasteiger charge is -2.27. The van der Waals surface area contributed by atoms with Crippen molar-refractivity contribution in [2.75, 3.05) is 6.54 Å². The number of sulfone groups is 1. The first-order valence-electron chi connectivity index (χ1n) is 8.15. The summed E-state index contributed by atoms with van der Waals surface area (Å²) in [4.78, 5) is 16.0. The van der Waals surface area contributed by atoms with E-state index in [4.69, 9.17) is 11.6 Å². The lowest BCUT2D eigenvalue weighted by molar-refractivity contribution is -0.131. The SMILES string of the molecule is CC(C)S(=O)(=O)c1ccc(CC(=O)N2CCc3sc(Cl)cc3C2)cc1. The van der Waals surface area contributed by atoms with Gasteiger partial charge in [-0.3, -0.25) is 4.79 Å². The van der Waals surface area contributed by atoms with Crippen molar-refractivity contribution in [3.8, 4) is 0 Å². The van der Waals surface area contributed by atoms with Crippen LogP contribution in [0.15, 0.2) is 35.2 Å². The summed E-state index contributed by atoms with van der Waals surface area (Å²) in [5.41, 5.74) is 1.95. The Labute approximate surface area is 157 Å². The molecule has 0 atom stereocenters. The van der Waals surface area contributed by atoms with Crippen LogP contribution in [-0.4, -0.2) is 31.0 Å². The number of hydrogen-bond donors (Lipinski definition) is 0. The lowest BCUT2D eigenvalue weighted by atomic mass is 10.1. The maximum atomic E-state index is 12.6. The van der Waals surface area contributed by atoms with Crippen LogP contribution in [0.2, 0.25) is 4.34 Å². The van der Waals surface area contributed by atoms with Gasteiger partial charge in [-0.25, -0.2) is 8.42 Å². The van der Waals surface area contributed by atoms with E-state index in [2.05, 4.69) is 0 Å². The number of carbonyl (C=O) groups excluding carboxylic acids is 1. The fourth-order valence-electron chi connectivity index (χ4n) is 2.87. The molecule has 0 fully saturated rings. The van der Waals surface area contributed by atoms with Crippen molar-refractivity contribution in [1.29, 1.82) is 0 Å². The van der Waals surface area contributed by atoms with Crippen LogP contribution >= 0.6 is 22.9 Å². The zero-order valence-electron chi connectivity index (χ0n) is 14.2. The van der Waals surface area contributed by atoms with Gasteiger partial charge in [0.25, 0.3) is 0 Å². The Bertz CT molecular complexity index is 886. The van der Waals surface area contributed by atoms with E-state index in [1.165, 1.54) is 4.88 Å². The van der Waals surface area contributed by atoms with E-state index in [-0.39, 0.29) is 12.3 Å². The number of thiophene rings is 1. The van der Waals surface area contributed by atoms with E-state index >= 15 is 0 Å². The van der Waals surface area contributed by atoms with Gasteiger partial charge in [-0.2, -0.15) is 0 Å². The molecule has 2 heterocycles. The number of nitrogens with zero attached hydrogens (tertiary/aromatic N) is 1. The summed E-state index contributed by atoms with van der Waals surface area (Å²) < 4.78 is 25.1. The summed E-state index contributed by atoms with van der Waals surface area (Å²) in [6.07, 6.45) is 1.11. The summed E-state index contributed by atoms with van der Waals surface area (Å²) in [5, 5.41) is -0.458. The summed E-state index contributed by atoms with van der Waals surface area (Å²) in [6.45, 7) is 4.61. The molecule has 1 aromatic heterocycles. The van der Waals surface area contributed by atoms with E-state index in [9.17, 15) is 13.2 Å². The highest BCUT2D eigenvalue weighted by Crippen LogP contribution is 2.31. The zero-order valence-corrected chi connectivity index (χ0v) is 16.5. The van der Waals surface area contributed by atoms with Crippen molar-refractivity contribution in [1.82, 2.24) is 4.90 Å². The molecule has 0 unspecified atom stereocenters. The summed E-state index contributed by atoms with van der Waals surface area (Å²) in [7, 11) is -3.28. The van der Waals surface area contributed by atoms with Gasteiger partial charge >= 0.3 is 0 Å². The molecule has 134 valence electrons. The summed E-state index contributed by atoms with van der Waals surface area (Å²) in [6, 6.07) is 8.57. The third-order valence-corrected chi connectivity index (χ3v) is 7.95. The quantitative estimate of drug-likeness (QED) is 0.790. The molecule has 0 spiro atoms. The molecule has 0 saturated carbocycles. The van der Waals surface area contributed by atoms with Gasteiger partial charge in [0.05, 0.1) is 20.9 Å². The molecule has 3 rings (SSSR count). The molecule has 0 N–H and O–H groups in total. The largest absolute Gasteiger partial charge is 0.338 e. The van der Waals surface area contributed by atoms with Crippen LogP contribution < -0.4 is 0 Å². The number of amides is 1. The van der Waals surface area contributed by atoms with Crippen LogP contribution in [0, 0.1) is 0 Å². The normalized spacial score (nSPS) is 14.6. The van der Waals surface area contributed by atoms with Gasteiger partial charge in [0, 0.05) is 18.0 Å². The molecule has 0 bridgehead atoms. The van der Waals surface area contributed by atoms with Gasteiger partial charge in [0.1, 0.15) is 0 Å². The Hall–Kier alpha value is -1.37. The highest BCUT2D eigenvalue weighted by atomic mass is 35.5. The number of carbonyl (C=O) groups is 1. The number of hydrogen-bond acceptors (Lipinski definition) is 4. The molecule has 1 amide bonds. The second-order valence-electron chi connectivity index (χ2n) is 6.48. The first-order valence-corrected chi connectivity index (χ1v) is 10.9. The van der Waals surface area contributed by atoms with Crippen LogP contribution in [0.3, 0.4) is 0 Å². The van der Waals surface area contributed by atoms with Gasteiger partial charge in [-0.05, 0) is 49.6 Å². The standard InChI is InChI=1S/C18H20ClNO3S2/c1-12(2)25(22,23)15-5-3-13(4-6-15)9-18(21)20-8-7-16-14(11-20)10-17(19)24-16/h3-6,10,12H,7-9,11H2,1-2H3. The Balaban J connectivity index is 1.68. The Morgan fingerprint density at radius 2 is 1.96 bits per heavy atom. The highest BCUT2D eigenvalue weighted by Gasteiger charge is 2.23. The number of rotatable bonds is 4. The Morgan fingerprint density at radius 3 is 2.60 bits per heavy atom. The van der Waals surface area contributed by atoms with Crippen molar-refractivity contribution < 1.29 is 13.2 Å². The number of halogens is 1. The molecule has 1 aliphatic heterocycles. The topological polar surface area (TPSA) is 54.5 Å². The molecule has 25 heavy (non-hydrogen) atoms. The van der Waals surface area contributed by atoms with Crippen LogP contribution in [0.5, 0.6) is 0 Å². The Kier molecular flexibility index (Phi) is 5.23. The number of benzene rings is 1. The summed E-state index contributed by atoms with van der Waals surface area (Å²) in [5.74, 6) is 0.0486. The third-order valence-electron chi connectivity index (χ3n) is 4.42. The first-order chi connectivity index (χ1) is 11.8. The second-order valence-corrected chi connectivity index (χ2v) is 10.8. The fourth-order valence-corrected chi connectivity index (χ4v) is 5.22. The molecular weight excluding hydrogens is 378 g/mol. The van der Waals surface area contributed by atoms with Crippen molar-refractivity contribution >= 4 is 38.7 Å². The van der Waals surface area contributed by atoms with E-state index in [0.29, 0.717) is 18.0 Å². The third kappa shape index (κ3) is 3.91. The molecule has 4 nitrogen and oxygen atoms in total. The van der Waals surface area contributed by atoms with Crippen molar-refractivity contribution in [2.45, 2.75) is 43.4 Å². The van der Waals surface area contributed by atoms with Gasteiger partial charge in [0.15, 0.2) is 9.84 Å². The van der Waals surface area contributed by atoms with Gasteiger partial charge < -0.3 is 4.90 Å². The van der Waals surface area contributed by atoms with Crippen LogP contribution in [-0.2, 0) is 34.0 Å². The average molecular weight is 398 g/mol. The number of fused-ring (bicyclic) bond motifs is 1. The molecule has 0 saturated heterocycles. The van der Waals surface area contributed by atoms with E-state index < -0.39 is 15.1 Å². The van der Waals surface area contributed by atoms with E-state index in [0.717, 1.165) is 21.9 Å². The predicted molar refractivity (Wildman–Crippen MR) is 101 cm³/mol. The zero-order chi connectivity index (χ0) is 18.2. The minimum absolute atomic E-state index is 0.0486. The smallest absolute Gasteiger partial charge is 0.227 e. The van der Waals surface area contributed by atoms with Gasteiger partial charge in [-0.15, -0.1) is 11.3 Å². The highest BCUT2D eigenvalue weighted by molar-refractivity contribution is 7.92. The molecule has 1 aliphatic rings. The van der Waals surface area contributed by atoms with Gasteiger partial charge in [-0.1, -0.05) is 23.7 Å². The minimum Gasteiger partial charge on any atom is -0.338 e.